The van der Waals surface area contributed by atoms with Crippen LogP contribution in [-0.4, -0.2) is 24.3 Å². The molecule has 0 bridgehead atoms. The van der Waals surface area contributed by atoms with E-state index in [4.69, 9.17) is 4.74 Å². The molecule has 1 spiro atoms. The molecule has 1 atom stereocenters. The fourth-order valence-corrected chi connectivity index (χ4v) is 4.38. The maximum absolute atomic E-state index is 6.39. The van der Waals surface area contributed by atoms with Crippen LogP contribution in [0, 0.1) is 0 Å². The van der Waals surface area contributed by atoms with E-state index in [1.54, 1.807) is 0 Å². The van der Waals surface area contributed by atoms with Crippen LogP contribution in [0.1, 0.15) is 83.5 Å². The molecule has 1 N–H and O–H groups in total. The summed E-state index contributed by atoms with van der Waals surface area (Å²) in [6.45, 7) is 1.10. The maximum atomic E-state index is 6.39. The van der Waals surface area contributed by atoms with Gasteiger partial charge in [-0.2, -0.15) is 0 Å². The topological polar surface area (TPSA) is 21.3 Å². The molecule has 2 heteroatoms. The Hall–Kier alpha value is -0.0800. The summed E-state index contributed by atoms with van der Waals surface area (Å²) in [5.41, 5.74) is 0.313. The second-order valence-corrected chi connectivity index (χ2v) is 7.12. The SMILES string of the molecule is C1CCCC(NCC2CCC3(CCCC3)O2)CCC1. The molecule has 3 aliphatic rings. The normalized spacial score (nSPS) is 32.5. The van der Waals surface area contributed by atoms with E-state index in [0.717, 1.165) is 12.6 Å². The zero-order chi connectivity index (χ0) is 13.0. The van der Waals surface area contributed by atoms with E-state index in [0.29, 0.717) is 11.7 Å². The van der Waals surface area contributed by atoms with Crippen LogP contribution >= 0.6 is 0 Å². The van der Waals surface area contributed by atoms with Gasteiger partial charge in [-0.3, -0.25) is 0 Å². The van der Waals surface area contributed by atoms with Crippen molar-refractivity contribution < 1.29 is 4.74 Å². The monoisotopic (exact) mass is 265 g/mol. The second kappa shape index (κ2) is 6.58. The number of hydrogen-bond acceptors (Lipinski definition) is 2. The molecule has 2 nitrogen and oxygen atoms in total. The van der Waals surface area contributed by atoms with Crippen LogP contribution in [0.15, 0.2) is 0 Å². The van der Waals surface area contributed by atoms with Gasteiger partial charge in [-0.15, -0.1) is 0 Å². The van der Waals surface area contributed by atoms with Gasteiger partial charge in [-0.05, 0) is 38.5 Å². The lowest BCUT2D eigenvalue weighted by atomic mass is 9.96. The van der Waals surface area contributed by atoms with Crippen molar-refractivity contribution in [2.45, 2.75) is 101 Å². The third-order valence-electron chi connectivity index (χ3n) is 5.59. The Balaban J connectivity index is 1.39. The molecule has 1 saturated heterocycles. The van der Waals surface area contributed by atoms with Crippen LogP contribution in [0.3, 0.4) is 0 Å². The fourth-order valence-electron chi connectivity index (χ4n) is 4.38. The van der Waals surface area contributed by atoms with Gasteiger partial charge >= 0.3 is 0 Å². The quantitative estimate of drug-likeness (QED) is 0.826. The van der Waals surface area contributed by atoms with Gasteiger partial charge in [-0.1, -0.05) is 44.9 Å². The maximum Gasteiger partial charge on any atom is 0.0708 e. The first-order chi connectivity index (χ1) is 9.36. The van der Waals surface area contributed by atoms with Gasteiger partial charge in [0.2, 0.25) is 0 Å². The molecule has 19 heavy (non-hydrogen) atoms. The van der Waals surface area contributed by atoms with Gasteiger partial charge in [0.1, 0.15) is 0 Å². The number of hydrogen-bond donors (Lipinski definition) is 1. The van der Waals surface area contributed by atoms with Crippen LogP contribution in [-0.2, 0) is 4.74 Å². The van der Waals surface area contributed by atoms with E-state index in [2.05, 4.69) is 5.32 Å². The van der Waals surface area contributed by atoms with Crippen molar-refractivity contribution >= 4 is 0 Å². The summed E-state index contributed by atoms with van der Waals surface area (Å²) < 4.78 is 6.39. The third-order valence-corrected chi connectivity index (χ3v) is 5.59. The number of rotatable bonds is 3. The average Bonchev–Trinajstić information content (AvgIpc) is 2.99. The van der Waals surface area contributed by atoms with Gasteiger partial charge < -0.3 is 10.1 Å². The molecule has 0 aromatic rings. The molecule has 0 aromatic carbocycles. The first-order valence-corrected chi connectivity index (χ1v) is 8.78. The zero-order valence-electron chi connectivity index (χ0n) is 12.5. The third kappa shape index (κ3) is 3.72. The van der Waals surface area contributed by atoms with E-state index >= 15 is 0 Å². The summed E-state index contributed by atoms with van der Waals surface area (Å²) in [4.78, 5) is 0. The molecule has 0 aromatic heterocycles. The Morgan fingerprint density at radius 1 is 0.789 bits per heavy atom. The van der Waals surface area contributed by atoms with Crippen molar-refractivity contribution in [3.05, 3.63) is 0 Å². The van der Waals surface area contributed by atoms with Crippen molar-refractivity contribution in [3.63, 3.8) is 0 Å². The molecule has 1 unspecified atom stereocenters. The molecular formula is C17H31NO. The molecule has 1 aliphatic heterocycles. The summed E-state index contributed by atoms with van der Waals surface area (Å²) in [6, 6.07) is 0.768. The molecule has 1 heterocycles. The summed E-state index contributed by atoms with van der Waals surface area (Å²) >= 11 is 0. The van der Waals surface area contributed by atoms with Crippen molar-refractivity contribution in [2.75, 3.05) is 6.54 Å². The Morgan fingerprint density at radius 2 is 1.47 bits per heavy atom. The molecule has 0 amide bonds. The highest BCUT2D eigenvalue weighted by atomic mass is 16.5. The summed E-state index contributed by atoms with van der Waals surface area (Å²) in [5, 5.41) is 3.81. The molecule has 0 radical (unpaired) electrons. The van der Waals surface area contributed by atoms with E-state index in [-0.39, 0.29) is 0 Å². The predicted molar refractivity (Wildman–Crippen MR) is 79.4 cm³/mol. The van der Waals surface area contributed by atoms with Crippen LogP contribution in [0.25, 0.3) is 0 Å². The highest BCUT2D eigenvalue weighted by Crippen LogP contribution is 2.43. The average molecular weight is 265 g/mol. The minimum absolute atomic E-state index is 0.313. The van der Waals surface area contributed by atoms with Crippen LogP contribution < -0.4 is 5.32 Å². The lowest BCUT2D eigenvalue weighted by Crippen LogP contribution is -2.37. The van der Waals surface area contributed by atoms with Gasteiger partial charge in [0.15, 0.2) is 0 Å². The van der Waals surface area contributed by atoms with Gasteiger partial charge in [0, 0.05) is 12.6 Å². The molecule has 3 rings (SSSR count). The Morgan fingerprint density at radius 3 is 2.21 bits per heavy atom. The van der Waals surface area contributed by atoms with E-state index in [1.807, 2.05) is 0 Å². The molecule has 3 fully saturated rings. The highest BCUT2D eigenvalue weighted by molar-refractivity contribution is 4.93. The predicted octanol–water partition coefficient (Wildman–Crippen LogP) is 4.18. The lowest BCUT2D eigenvalue weighted by molar-refractivity contribution is -0.0360. The first kappa shape index (κ1) is 13.9. The largest absolute Gasteiger partial charge is 0.370 e. The summed E-state index contributed by atoms with van der Waals surface area (Å²) in [5.74, 6) is 0. The van der Waals surface area contributed by atoms with Crippen LogP contribution in [0.4, 0.5) is 0 Å². The van der Waals surface area contributed by atoms with Gasteiger partial charge in [0.25, 0.3) is 0 Å². The van der Waals surface area contributed by atoms with Crippen molar-refractivity contribution in [2.24, 2.45) is 0 Å². The van der Waals surface area contributed by atoms with Crippen LogP contribution in [0.5, 0.6) is 0 Å². The smallest absolute Gasteiger partial charge is 0.0708 e. The Labute approximate surface area is 118 Å². The van der Waals surface area contributed by atoms with Gasteiger partial charge in [0.05, 0.1) is 11.7 Å². The fraction of sp³-hybridized carbons (Fsp3) is 1.00. The molecule has 2 saturated carbocycles. The summed E-state index contributed by atoms with van der Waals surface area (Å²) in [7, 11) is 0. The van der Waals surface area contributed by atoms with Crippen LogP contribution in [0.2, 0.25) is 0 Å². The minimum Gasteiger partial charge on any atom is -0.370 e. The van der Waals surface area contributed by atoms with Crippen molar-refractivity contribution in [3.8, 4) is 0 Å². The number of nitrogens with one attached hydrogen (secondary N) is 1. The highest BCUT2D eigenvalue weighted by Gasteiger charge is 2.41. The standard InChI is InChI=1S/C17H31NO/c1-2-4-8-15(9-5-3-1)18-14-16-10-13-17(19-16)11-6-7-12-17/h15-16,18H,1-14H2. The van der Waals surface area contributed by atoms with E-state index < -0.39 is 0 Å². The second-order valence-electron chi connectivity index (χ2n) is 7.12. The molecule has 2 aliphatic carbocycles. The van der Waals surface area contributed by atoms with Crippen molar-refractivity contribution in [1.82, 2.24) is 5.32 Å². The Kier molecular flexibility index (Phi) is 4.81. The molecular weight excluding hydrogens is 234 g/mol. The van der Waals surface area contributed by atoms with E-state index in [9.17, 15) is 0 Å². The Bertz CT molecular complexity index is 264. The summed E-state index contributed by atoms with van der Waals surface area (Å²) in [6.07, 6.45) is 18.5. The van der Waals surface area contributed by atoms with E-state index in [1.165, 1.54) is 83.5 Å². The van der Waals surface area contributed by atoms with Crippen molar-refractivity contribution in [1.29, 1.82) is 0 Å². The lowest BCUT2D eigenvalue weighted by Gasteiger charge is -2.26. The molecule has 110 valence electrons. The number of ether oxygens (including phenoxy) is 1. The van der Waals surface area contributed by atoms with Gasteiger partial charge in [-0.25, -0.2) is 0 Å². The zero-order valence-corrected chi connectivity index (χ0v) is 12.5. The first-order valence-electron chi connectivity index (χ1n) is 8.78. The minimum atomic E-state index is 0.313.